The van der Waals surface area contributed by atoms with E-state index < -0.39 is 34.0 Å². The number of hydrogen-bond donors (Lipinski definition) is 1. The summed E-state index contributed by atoms with van der Waals surface area (Å²) >= 11 is 5.65. The van der Waals surface area contributed by atoms with E-state index in [1.807, 2.05) is 0 Å². The van der Waals surface area contributed by atoms with Crippen molar-refractivity contribution in [3.8, 4) is 11.5 Å². The quantitative estimate of drug-likeness (QED) is 0.283. The average Bonchev–Trinajstić information content (AvgIpc) is 2.75. The van der Waals surface area contributed by atoms with Gasteiger partial charge >= 0.3 is 6.18 Å². The predicted molar refractivity (Wildman–Crippen MR) is 119 cm³/mol. The summed E-state index contributed by atoms with van der Waals surface area (Å²) in [5.41, 5.74) is -2.75. The standard InChI is InChI=1S/C21H24ClF3N2O5S/c1-26(13-3-12-22)20(29,15-28)14-27(33(2,30)31)17-6-10-19(11-7-17)32-18-8-4-16(5-9-18)21(23,24)25/h4-11,15,29H,3,12-14H2,1-2H3. The molecular weight excluding hydrogens is 485 g/mol. The van der Waals surface area contributed by atoms with Crippen molar-refractivity contribution in [1.29, 1.82) is 0 Å². The van der Waals surface area contributed by atoms with Crippen LogP contribution in [0, 0.1) is 0 Å². The van der Waals surface area contributed by atoms with Gasteiger partial charge in [-0.15, -0.1) is 11.6 Å². The molecule has 1 atom stereocenters. The molecule has 0 saturated carbocycles. The minimum Gasteiger partial charge on any atom is -0.457 e. The number of carbonyl (C=O) groups is 1. The molecule has 0 amide bonds. The normalized spacial score (nSPS) is 14.1. The van der Waals surface area contributed by atoms with E-state index in [9.17, 15) is 31.5 Å². The minimum atomic E-state index is -4.46. The number of sulfonamides is 1. The lowest BCUT2D eigenvalue weighted by atomic mass is 10.2. The highest BCUT2D eigenvalue weighted by molar-refractivity contribution is 7.92. The van der Waals surface area contributed by atoms with Gasteiger partial charge in [0.15, 0.2) is 12.0 Å². The highest BCUT2D eigenvalue weighted by atomic mass is 35.5. The molecule has 0 spiro atoms. The zero-order valence-corrected chi connectivity index (χ0v) is 19.5. The number of nitrogens with zero attached hydrogens (tertiary/aromatic N) is 2. The molecule has 1 unspecified atom stereocenters. The molecule has 1 N–H and O–H groups in total. The van der Waals surface area contributed by atoms with Crippen molar-refractivity contribution in [2.24, 2.45) is 0 Å². The smallest absolute Gasteiger partial charge is 0.416 e. The first-order valence-corrected chi connectivity index (χ1v) is 12.1. The topological polar surface area (TPSA) is 87.2 Å². The molecule has 0 fully saturated rings. The van der Waals surface area contributed by atoms with Gasteiger partial charge in [0.05, 0.1) is 24.1 Å². The monoisotopic (exact) mass is 508 g/mol. The second kappa shape index (κ2) is 10.7. The van der Waals surface area contributed by atoms with Gasteiger partial charge in [-0.05, 0) is 62.0 Å². The van der Waals surface area contributed by atoms with E-state index in [4.69, 9.17) is 16.3 Å². The molecular formula is C21H24ClF3N2O5S. The van der Waals surface area contributed by atoms with Crippen LogP contribution in [-0.4, -0.2) is 62.7 Å². The first kappa shape index (κ1) is 26.9. The number of aliphatic hydroxyl groups is 1. The lowest BCUT2D eigenvalue weighted by molar-refractivity contribution is -0.141. The second-order valence-electron chi connectivity index (χ2n) is 7.35. The number of ether oxygens (including phenoxy) is 1. The second-order valence-corrected chi connectivity index (χ2v) is 9.63. The predicted octanol–water partition coefficient (Wildman–Crippen LogP) is 3.71. The highest BCUT2D eigenvalue weighted by Crippen LogP contribution is 2.32. The maximum atomic E-state index is 12.7. The number of halogens is 4. The van der Waals surface area contributed by atoms with Crippen LogP contribution in [0.4, 0.5) is 18.9 Å². The zero-order chi connectivity index (χ0) is 24.9. The molecule has 12 heteroatoms. The van der Waals surface area contributed by atoms with Crippen molar-refractivity contribution in [2.45, 2.75) is 18.3 Å². The van der Waals surface area contributed by atoms with Crippen molar-refractivity contribution in [2.75, 3.05) is 36.6 Å². The van der Waals surface area contributed by atoms with Gasteiger partial charge in [-0.3, -0.25) is 14.0 Å². The Labute approximate surface area is 195 Å². The number of carbonyl (C=O) groups excluding carboxylic acids is 1. The Hall–Kier alpha value is -2.34. The van der Waals surface area contributed by atoms with Crippen LogP contribution in [0.5, 0.6) is 11.5 Å². The fourth-order valence-electron chi connectivity index (χ4n) is 2.88. The summed E-state index contributed by atoms with van der Waals surface area (Å²) in [5.74, 6) is 0.707. The van der Waals surface area contributed by atoms with Gasteiger partial charge in [0.25, 0.3) is 0 Å². The van der Waals surface area contributed by atoms with Crippen LogP contribution in [0.1, 0.15) is 12.0 Å². The number of benzene rings is 2. The molecule has 0 bridgehead atoms. The molecule has 33 heavy (non-hydrogen) atoms. The molecule has 2 aromatic carbocycles. The minimum absolute atomic E-state index is 0.156. The van der Waals surface area contributed by atoms with Crippen molar-refractivity contribution in [1.82, 2.24) is 4.90 Å². The SMILES string of the molecule is CN(CCCCl)C(O)(C=O)CN(c1ccc(Oc2ccc(C(F)(F)F)cc2)cc1)S(C)(=O)=O. The van der Waals surface area contributed by atoms with E-state index in [1.165, 1.54) is 48.3 Å². The van der Waals surface area contributed by atoms with Crippen LogP contribution < -0.4 is 9.04 Å². The lowest BCUT2D eigenvalue weighted by Crippen LogP contribution is -2.57. The molecule has 0 saturated heterocycles. The van der Waals surface area contributed by atoms with E-state index in [0.29, 0.717) is 12.3 Å². The number of aldehydes is 1. The average molecular weight is 509 g/mol. The van der Waals surface area contributed by atoms with E-state index in [2.05, 4.69) is 0 Å². The molecule has 0 aliphatic rings. The zero-order valence-electron chi connectivity index (χ0n) is 17.9. The number of alkyl halides is 4. The number of anilines is 1. The Morgan fingerprint density at radius 3 is 2.00 bits per heavy atom. The third-order valence-corrected chi connectivity index (χ3v) is 6.20. The van der Waals surface area contributed by atoms with E-state index in [1.54, 1.807) is 0 Å². The third-order valence-electron chi connectivity index (χ3n) is 4.80. The molecule has 2 aromatic rings. The number of hydrogen-bond acceptors (Lipinski definition) is 6. The van der Waals surface area contributed by atoms with Gasteiger partial charge in [-0.25, -0.2) is 8.42 Å². The Morgan fingerprint density at radius 1 is 1.06 bits per heavy atom. The van der Waals surface area contributed by atoms with Gasteiger partial charge in [0, 0.05) is 12.4 Å². The summed E-state index contributed by atoms with van der Waals surface area (Å²) in [6, 6.07) is 9.73. The molecule has 2 rings (SSSR count). The van der Waals surface area contributed by atoms with Crippen molar-refractivity contribution >= 4 is 33.6 Å². The number of likely N-dealkylation sites (N-methyl/N-ethyl adjacent to an activating group) is 1. The van der Waals surface area contributed by atoms with Crippen molar-refractivity contribution in [3.05, 3.63) is 54.1 Å². The lowest BCUT2D eigenvalue weighted by Gasteiger charge is -2.36. The van der Waals surface area contributed by atoms with E-state index >= 15 is 0 Å². The molecule has 0 radical (unpaired) electrons. The maximum absolute atomic E-state index is 12.7. The summed E-state index contributed by atoms with van der Waals surface area (Å²) < 4.78 is 69.2. The van der Waals surface area contributed by atoms with E-state index in [-0.39, 0.29) is 30.0 Å². The molecule has 0 heterocycles. The summed E-state index contributed by atoms with van der Waals surface area (Å²) in [7, 11) is -2.42. The highest BCUT2D eigenvalue weighted by Gasteiger charge is 2.37. The Bertz CT molecular complexity index is 1030. The van der Waals surface area contributed by atoms with Gasteiger partial charge in [0.2, 0.25) is 10.0 Å². The molecule has 0 aliphatic carbocycles. The van der Waals surface area contributed by atoms with Gasteiger partial charge in [-0.2, -0.15) is 13.2 Å². The molecule has 182 valence electrons. The largest absolute Gasteiger partial charge is 0.457 e. The fraction of sp³-hybridized carbons (Fsp3) is 0.381. The fourth-order valence-corrected chi connectivity index (χ4v) is 3.93. The molecule has 0 aliphatic heterocycles. The summed E-state index contributed by atoms with van der Waals surface area (Å²) in [6.07, 6.45) is -2.79. The van der Waals surface area contributed by atoms with Crippen LogP contribution in [0.25, 0.3) is 0 Å². The van der Waals surface area contributed by atoms with E-state index in [0.717, 1.165) is 22.7 Å². The summed E-state index contributed by atoms with van der Waals surface area (Å²) in [6.45, 7) is -0.302. The van der Waals surface area contributed by atoms with Crippen molar-refractivity contribution in [3.63, 3.8) is 0 Å². The third kappa shape index (κ3) is 7.32. The van der Waals surface area contributed by atoms with Crippen LogP contribution >= 0.6 is 11.6 Å². The van der Waals surface area contributed by atoms with Crippen LogP contribution in [0.3, 0.4) is 0 Å². The van der Waals surface area contributed by atoms with Gasteiger partial charge in [0.1, 0.15) is 11.5 Å². The first-order chi connectivity index (χ1) is 15.3. The van der Waals surface area contributed by atoms with Crippen LogP contribution in [-0.2, 0) is 21.0 Å². The molecule has 0 aromatic heterocycles. The Morgan fingerprint density at radius 2 is 1.58 bits per heavy atom. The summed E-state index contributed by atoms with van der Waals surface area (Å²) in [5, 5.41) is 10.7. The number of rotatable bonds is 11. The van der Waals surface area contributed by atoms with Crippen molar-refractivity contribution < 1.29 is 36.2 Å². The van der Waals surface area contributed by atoms with Crippen LogP contribution in [0.2, 0.25) is 0 Å². The molecule has 7 nitrogen and oxygen atoms in total. The van der Waals surface area contributed by atoms with Crippen LogP contribution in [0.15, 0.2) is 48.5 Å². The van der Waals surface area contributed by atoms with Gasteiger partial charge in [-0.1, -0.05) is 0 Å². The maximum Gasteiger partial charge on any atom is 0.416 e. The first-order valence-electron chi connectivity index (χ1n) is 9.69. The Balaban J connectivity index is 2.23. The summed E-state index contributed by atoms with van der Waals surface area (Å²) in [4.78, 5) is 12.9. The Kier molecular flexibility index (Phi) is 8.75. The van der Waals surface area contributed by atoms with Gasteiger partial charge < -0.3 is 9.84 Å².